The largest absolute Gasteiger partial charge is 0.480 e. The molecule has 1 aromatic rings. The summed E-state index contributed by atoms with van der Waals surface area (Å²) in [7, 11) is 0. The summed E-state index contributed by atoms with van der Waals surface area (Å²) < 4.78 is 0. The number of guanidine groups is 1. The summed E-state index contributed by atoms with van der Waals surface area (Å²) in [6, 6.07) is 0. The minimum Gasteiger partial charge on any atom is -0.480 e. The maximum atomic E-state index is 12.2. The molecule has 1 heterocycles. The van der Waals surface area contributed by atoms with Gasteiger partial charge in [0.2, 0.25) is 0 Å². The van der Waals surface area contributed by atoms with E-state index in [2.05, 4.69) is 20.6 Å². The third-order valence-electron chi connectivity index (χ3n) is 3.14. The number of aliphatic carboxylic acids is 1. The number of nitrogens with zero attached hydrogens (tertiary/aromatic N) is 2. The number of hydrogen-bond donors (Lipinski definition) is 7. The van der Waals surface area contributed by atoms with Crippen LogP contribution in [0.5, 0.6) is 0 Å². The Balaban J connectivity index is 2.84. The topological polar surface area (TPSA) is 209 Å². The molecule has 0 fully saturated rings. The van der Waals surface area contributed by atoms with Gasteiger partial charge in [-0.15, -0.1) is 0 Å². The monoisotopic (exact) mass is 386 g/mol. The molecule has 0 aliphatic carbocycles. The average Bonchev–Trinajstić information content (AvgIpc) is 2.52. The van der Waals surface area contributed by atoms with E-state index in [1.54, 1.807) is 0 Å². The van der Waals surface area contributed by atoms with Crippen molar-refractivity contribution in [2.24, 2.45) is 5.73 Å². The molecule has 13 heteroatoms. The molecule has 0 spiro atoms. The second-order valence-electron chi connectivity index (χ2n) is 5.61. The Morgan fingerprint density at radius 2 is 1.88 bits per heavy atom. The number of anilines is 2. The van der Waals surface area contributed by atoms with Gasteiger partial charge in [0.1, 0.15) is 0 Å². The van der Waals surface area contributed by atoms with Crippen LogP contribution in [0, 0.1) is 5.41 Å². The number of rotatable bonds is 8. The molecule has 1 rings (SSSR count). The molecule has 9 N–H and O–H groups in total. The number of Topliss-reactive ketones (excluding diaryl/α,β-unsaturated/α-hetero) is 1. The van der Waals surface area contributed by atoms with Crippen molar-refractivity contribution in [3.63, 3.8) is 0 Å². The molecule has 0 atom stereocenters. The highest BCUT2D eigenvalue weighted by Gasteiger charge is 2.27. The van der Waals surface area contributed by atoms with Gasteiger partial charge >= 0.3 is 5.97 Å². The lowest BCUT2D eigenvalue weighted by Gasteiger charge is -2.24. The van der Waals surface area contributed by atoms with Crippen molar-refractivity contribution in [2.75, 3.05) is 24.1 Å². The first kappa shape index (κ1) is 21.1. The number of carbonyl (C=O) groups is 3. The van der Waals surface area contributed by atoms with E-state index in [0.717, 1.165) is 0 Å². The van der Waals surface area contributed by atoms with Gasteiger partial charge in [-0.2, -0.15) is 0 Å². The lowest BCUT2D eigenvalue weighted by Crippen LogP contribution is -2.50. The van der Waals surface area contributed by atoms with Crippen molar-refractivity contribution in [3.8, 4) is 0 Å². The standard InChI is InChI=1S/C13H19ClN8O4/c1-13(2,19-4-6(24)25)5(23)3-18-10-8(14)20-7(9(15)21-10)11(26)22-12(16)17/h19H,3-4H2,1-2H3,(H,24,25)(H3,15,18,21)(H4,16,17,22,26). The van der Waals surface area contributed by atoms with Crippen molar-refractivity contribution in [3.05, 3.63) is 10.8 Å². The number of nitrogen functional groups attached to an aromatic ring is 1. The molecule has 0 unspecified atom stereocenters. The fourth-order valence-electron chi connectivity index (χ4n) is 1.67. The Hall–Kier alpha value is -2.99. The highest BCUT2D eigenvalue weighted by Crippen LogP contribution is 2.20. The number of ketones is 1. The third kappa shape index (κ3) is 5.82. The van der Waals surface area contributed by atoms with Crippen molar-refractivity contribution in [1.82, 2.24) is 20.6 Å². The Bertz CT molecular complexity index is 752. The zero-order valence-electron chi connectivity index (χ0n) is 14.0. The van der Waals surface area contributed by atoms with Crippen LogP contribution in [0.2, 0.25) is 5.15 Å². The maximum Gasteiger partial charge on any atom is 0.317 e. The van der Waals surface area contributed by atoms with E-state index in [0.29, 0.717) is 0 Å². The number of amides is 1. The van der Waals surface area contributed by atoms with Crippen LogP contribution in [0.4, 0.5) is 11.6 Å². The van der Waals surface area contributed by atoms with Crippen LogP contribution in [0.25, 0.3) is 0 Å². The number of nitrogens with two attached hydrogens (primary N) is 2. The summed E-state index contributed by atoms with van der Waals surface area (Å²) in [4.78, 5) is 42.2. The summed E-state index contributed by atoms with van der Waals surface area (Å²) in [5.74, 6) is -3.24. The molecule has 0 aliphatic heterocycles. The van der Waals surface area contributed by atoms with Crippen LogP contribution in [0.3, 0.4) is 0 Å². The molecule has 0 aromatic carbocycles. The molecule has 26 heavy (non-hydrogen) atoms. The smallest absolute Gasteiger partial charge is 0.317 e. The second kappa shape index (κ2) is 8.40. The number of nitrogens with one attached hydrogen (secondary N) is 4. The summed E-state index contributed by atoms with van der Waals surface area (Å²) in [5, 5.41) is 22.7. The molecule has 0 saturated carbocycles. The van der Waals surface area contributed by atoms with Crippen LogP contribution < -0.4 is 27.4 Å². The molecule has 1 aromatic heterocycles. The quantitative estimate of drug-likeness (QED) is 0.209. The molecule has 0 saturated heterocycles. The number of halogens is 1. The second-order valence-corrected chi connectivity index (χ2v) is 5.97. The van der Waals surface area contributed by atoms with E-state index in [4.69, 9.17) is 33.6 Å². The Labute approximate surface area is 153 Å². The summed E-state index contributed by atoms with van der Waals surface area (Å²) in [6.45, 7) is 2.42. The van der Waals surface area contributed by atoms with Gasteiger partial charge in [0, 0.05) is 0 Å². The molecule has 0 radical (unpaired) electrons. The molecular formula is C13H19ClN8O4. The predicted molar refractivity (Wildman–Crippen MR) is 94.0 cm³/mol. The van der Waals surface area contributed by atoms with Crippen molar-refractivity contribution >= 4 is 46.9 Å². The van der Waals surface area contributed by atoms with E-state index in [1.807, 2.05) is 5.32 Å². The lowest BCUT2D eigenvalue weighted by molar-refractivity contribution is -0.136. The highest BCUT2D eigenvalue weighted by atomic mass is 35.5. The minimum absolute atomic E-state index is 0.0362. The molecule has 0 aliphatic rings. The molecular weight excluding hydrogens is 368 g/mol. The molecule has 1 amide bonds. The fraction of sp³-hybridized carbons (Fsp3) is 0.385. The SMILES string of the molecule is CC(C)(NCC(=O)O)C(=O)CNc1nc(N)c(C(=O)NC(=N)N)nc1Cl. The first-order valence-electron chi connectivity index (χ1n) is 7.16. The lowest BCUT2D eigenvalue weighted by atomic mass is 9.99. The van der Waals surface area contributed by atoms with Gasteiger partial charge < -0.3 is 21.9 Å². The Morgan fingerprint density at radius 3 is 2.42 bits per heavy atom. The van der Waals surface area contributed by atoms with Gasteiger partial charge in [-0.05, 0) is 13.8 Å². The van der Waals surface area contributed by atoms with E-state index < -0.39 is 23.4 Å². The van der Waals surface area contributed by atoms with Gasteiger partial charge in [0.15, 0.2) is 34.2 Å². The van der Waals surface area contributed by atoms with Crippen molar-refractivity contribution in [2.45, 2.75) is 19.4 Å². The van der Waals surface area contributed by atoms with Crippen LogP contribution in [-0.2, 0) is 9.59 Å². The van der Waals surface area contributed by atoms with Crippen LogP contribution in [0.15, 0.2) is 0 Å². The Morgan fingerprint density at radius 1 is 1.27 bits per heavy atom. The zero-order chi connectivity index (χ0) is 20.1. The van der Waals surface area contributed by atoms with E-state index >= 15 is 0 Å². The van der Waals surface area contributed by atoms with Gasteiger partial charge in [0.25, 0.3) is 5.91 Å². The number of carbonyl (C=O) groups excluding carboxylic acids is 2. The maximum absolute atomic E-state index is 12.2. The predicted octanol–water partition coefficient (Wildman–Crippen LogP) is -1.23. The van der Waals surface area contributed by atoms with Gasteiger partial charge in [-0.1, -0.05) is 11.6 Å². The Kier molecular flexibility index (Phi) is 6.80. The first-order chi connectivity index (χ1) is 11.9. The number of carboxylic acids is 1. The van der Waals surface area contributed by atoms with Gasteiger partial charge in [-0.25, -0.2) is 9.97 Å². The summed E-state index contributed by atoms with van der Waals surface area (Å²) in [5.41, 5.74) is 9.24. The highest BCUT2D eigenvalue weighted by molar-refractivity contribution is 6.32. The van der Waals surface area contributed by atoms with E-state index in [-0.39, 0.29) is 41.4 Å². The van der Waals surface area contributed by atoms with Crippen LogP contribution in [0.1, 0.15) is 24.3 Å². The molecule has 12 nitrogen and oxygen atoms in total. The van der Waals surface area contributed by atoms with Crippen LogP contribution >= 0.6 is 11.6 Å². The first-order valence-corrected chi connectivity index (χ1v) is 7.54. The molecule has 142 valence electrons. The summed E-state index contributed by atoms with van der Waals surface area (Å²) in [6.07, 6.45) is 0. The van der Waals surface area contributed by atoms with Gasteiger partial charge in [0.05, 0.1) is 18.6 Å². The van der Waals surface area contributed by atoms with E-state index in [9.17, 15) is 14.4 Å². The fourth-order valence-corrected chi connectivity index (χ4v) is 1.86. The number of hydrogen-bond acceptors (Lipinski definition) is 9. The number of aromatic nitrogens is 2. The van der Waals surface area contributed by atoms with Crippen molar-refractivity contribution in [1.29, 1.82) is 5.41 Å². The zero-order valence-corrected chi connectivity index (χ0v) is 14.8. The number of carboxylic acid groups (broad SMARTS) is 1. The van der Waals surface area contributed by atoms with E-state index in [1.165, 1.54) is 13.8 Å². The summed E-state index contributed by atoms with van der Waals surface area (Å²) >= 11 is 5.92. The molecule has 0 bridgehead atoms. The van der Waals surface area contributed by atoms with Crippen LogP contribution in [-0.4, -0.2) is 57.3 Å². The average molecular weight is 387 g/mol. The minimum atomic E-state index is -1.11. The van der Waals surface area contributed by atoms with Crippen molar-refractivity contribution < 1.29 is 19.5 Å². The van der Waals surface area contributed by atoms with Gasteiger partial charge in [-0.3, -0.25) is 30.4 Å². The normalized spacial score (nSPS) is 10.9. The third-order valence-corrected chi connectivity index (χ3v) is 3.40.